The van der Waals surface area contributed by atoms with Crippen LogP contribution in [0.15, 0.2) is 27.3 Å². The fraction of sp³-hybridized carbons (Fsp3) is 0. The molecule has 0 radical (unpaired) electrons. The van der Waals surface area contributed by atoms with E-state index in [1.807, 2.05) is 0 Å². The molecule has 3 nitrogen and oxygen atoms in total. The number of hydrogen-bond donors (Lipinski definition) is 1. The van der Waals surface area contributed by atoms with E-state index in [0.29, 0.717) is 26.0 Å². The van der Waals surface area contributed by atoms with Gasteiger partial charge in [-0.25, -0.2) is 4.98 Å². The van der Waals surface area contributed by atoms with Crippen LogP contribution in [0.4, 0.5) is 11.5 Å². The van der Waals surface area contributed by atoms with E-state index in [-0.39, 0.29) is 5.28 Å². The van der Waals surface area contributed by atoms with Gasteiger partial charge in [-0.3, -0.25) is 0 Å². The van der Waals surface area contributed by atoms with Gasteiger partial charge in [-0.2, -0.15) is 4.98 Å². The highest BCUT2D eigenvalue weighted by atomic mass is 79.9. The molecule has 1 heterocycles. The zero-order valence-electron chi connectivity index (χ0n) is 8.52. The molecule has 0 saturated heterocycles. The molecule has 0 atom stereocenters. The Kier molecular flexibility index (Phi) is 4.72. The Bertz CT molecular complexity index is 607. The molecular formula is C10H4Br2Cl3N3. The summed E-state index contributed by atoms with van der Waals surface area (Å²) < 4.78 is 1.39. The van der Waals surface area contributed by atoms with Crippen molar-refractivity contribution >= 4 is 78.2 Å². The van der Waals surface area contributed by atoms with Gasteiger partial charge in [0.05, 0.1) is 20.2 Å². The Balaban J connectivity index is 2.40. The van der Waals surface area contributed by atoms with E-state index in [0.717, 1.165) is 4.47 Å². The molecular weight excluding hydrogens is 428 g/mol. The van der Waals surface area contributed by atoms with Crippen molar-refractivity contribution in [3.05, 3.63) is 42.6 Å². The lowest BCUT2D eigenvalue weighted by Gasteiger charge is -2.10. The summed E-state index contributed by atoms with van der Waals surface area (Å²) in [6, 6.07) is 3.56. The zero-order valence-corrected chi connectivity index (χ0v) is 14.0. The number of aromatic nitrogens is 2. The third-order valence-corrected chi connectivity index (χ3v) is 4.54. The lowest BCUT2D eigenvalue weighted by Crippen LogP contribution is -1.97. The number of anilines is 2. The molecule has 0 fully saturated rings. The van der Waals surface area contributed by atoms with Gasteiger partial charge in [0.1, 0.15) is 5.82 Å². The molecule has 0 spiro atoms. The summed E-state index contributed by atoms with van der Waals surface area (Å²) in [6.45, 7) is 0. The monoisotopic (exact) mass is 429 g/mol. The Labute approximate surface area is 135 Å². The summed E-state index contributed by atoms with van der Waals surface area (Å²) in [6.07, 6.45) is 1.55. The molecule has 0 saturated carbocycles. The van der Waals surface area contributed by atoms with Crippen LogP contribution >= 0.6 is 66.7 Å². The minimum absolute atomic E-state index is 0.139. The van der Waals surface area contributed by atoms with Crippen LogP contribution in [-0.2, 0) is 0 Å². The Morgan fingerprint density at radius 3 is 2.44 bits per heavy atom. The molecule has 0 aliphatic heterocycles. The van der Waals surface area contributed by atoms with E-state index in [9.17, 15) is 0 Å². The molecule has 2 aromatic rings. The Morgan fingerprint density at radius 1 is 1.00 bits per heavy atom. The third-order valence-electron chi connectivity index (χ3n) is 2.00. The van der Waals surface area contributed by atoms with Crippen molar-refractivity contribution in [1.82, 2.24) is 9.97 Å². The van der Waals surface area contributed by atoms with E-state index in [1.54, 1.807) is 18.3 Å². The second kappa shape index (κ2) is 5.92. The summed E-state index contributed by atoms with van der Waals surface area (Å²) in [5, 5.41) is 3.99. The Hall–Kier alpha value is -0.0700. The second-order valence-electron chi connectivity index (χ2n) is 3.18. The molecule has 0 aliphatic rings. The second-order valence-corrected chi connectivity index (χ2v) is 5.99. The van der Waals surface area contributed by atoms with Crippen molar-refractivity contribution in [2.45, 2.75) is 0 Å². The summed E-state index contributed by atoms with van der Waals surface area (Å²) in [7, 11) is 0. The summed E-state index contributed by atoms with van der Waals surface area (Å²) in [5.74, 6) is 0.510. The van der Waals surface area contributed by atoms with Crippen LogP contribution in [0.5, 0.6) is 0 Å². The number of nitrogens with zero attached hydrogens (tertiary/aromatic N) is 2. The average Bonchev–Trinajstić information content (AvgIpc) is 2.34. The molecule has 1 aromatic heterocycles. The molecule has 0 amide bonds. The molecule has 0 unspecified atom stereocenters. The normalized spacial score (nSPS) is 10.5. The maximum absolute atomic E-state index is 6.12. The van der Waals surface area contributed by atoms with Crippen LogP contribution in [0.3, 0.4) is 0 Å². The van der Waals surface area contributed by atoms with Crippen LogP contribution in [-0.4, -0.2) is 9.97 Å². The van der Waals surface area contributed by atoms with E-state index in [4.69, 9.17) is 34.8 Å². The summed E-state index contributed by atoms with van der Waals surface area (Å²) >= 11 is 24.5. The lowest BCUT2D eigenvalue weighted by atomic mass is 10.3. The molecule has 1 N–H and O–H groups in total. The van der Waals surface area contributed by atoms with Crippen LogP contribution in [0.25, 0.3) is 0 Å². The predicted molar refractivity (Wildman–Crippen MR) is 82.2 cm³/mol. The Morgan fingerprint density at radius 2 is 1.72 bits per heavy atom. The molecule has 8 heteroatoms. The average molecular weight is 432 g/mol. The van der Waals surface area contributed by atoms with Gasteiger partial charge in [-0.15, -0.1) is 0 Å². The highest BCUT2D eigenvalue weighted by Gasteiger charge is 2.11. The van der Waals surface area contributed by atoms with Crippen LogP contribution in [0.2, 0.25) is 15.3 Å². The van der Waals surface area contributed by atoms with Crippen LogP contribution < -0.4 is 5.32 Å². The standard InChI is InChI=1S/C10H4Br2Cl3N3/c11-4-1-2-6(8(14)7(4)13)17-9-5(12)3-16-10(15)18-9/h1-3H,(H,16,17,18). The maximum atomic E-state index is 6.12. The molecule has 0 aliphatic carbocycles. The van der Waals surface area contributed by atoms with E-state index in [2.05, 4.69) is 47.1 Å². The van der Waals surface area contributed by atoms with Crippen molar-refractivity contribution in [2.24, 2.45) is 0 Å². The molecule has 94 valence electrons. The highest BCUT2D eigenvalue weighted by molar-refractivity contribution is 9.11. The van der Waals surface area contributed by atoms with E-state index >= 15 is 0 Å². The smallest absolute Gasteiger partial charge is 0.224 e. The van der Waals surface area contributed by atoms with Crippen molar-refractivity contribution in [3.8, 4) is 0 Å². The van der Waals surface area contributed by atoms with Crippen LogP contribution in [0, 0.1) is 0 Å². The zero-order chi connectivity index (χ0) is 13.3. The van der Waals surface area contributed by atoms with Crippen molar-refractivity contribution in [2.75, 3.05) is 5.32 Å². The first-order valence-electron chi connectivity index (χ1n) is 4.57. The van der Waals surface area contributed by atoms with Gasteiger partial charge in [0.2, 0.25) is 5.28 Å². The van der Waals surface area contributed by atoms with Crippen molar-refractivity contribution < 1.29 is 0 Å². The fourth-order valence-corrected chi connectivity index (χ4v) is 2.43. The first-order valence-corrected chi connectivity index (χ1v) is 7.29. The van der Waals surface area contributed by atoms with Gasteiger partial charge in [0.15, 0.2) is 0 Å². The van der Waals surface area contributed by atoms with Gasteiger partial charge in [-0.05, 0) is 55.6 Å². The van der Waals surface area contributed by atoms with Gasteiger partial charge >= 0.3 is 0 Å². The van der Waals surface area contributed by atoms with E-state index in [1.165, 1.54) is 0 Å². The fourth-order valence-electron chi connectivity index (χ4n) is 1.18. The highest BCUT2D eigenvalue weighted by Crippen LogP contribution is 2.37. The van der Waals surface area contributed by atoms with Gasteiger partial charge in [0.25, 0.3) is 0 Å². The SMILES string of the molecule is Clc1ncc(Br)c(Nc2ccc(Br)c(Cl)c2Cl)n1. The van der Waals surface area contributed by atoms with Crippen molar-refractivity contribution in [1.29, 1.82) is 0 Å². The maximum Gasteiger partial charge on any atom is 0.224 e. The number of hydrogen-bond acceptors (Lipinski definition) is 3. The minimum Gasteiger partial charge on any atom is -0.338 e. The van der Waals surface area contributed by atoms with Crippen molar-refractivity contribution in [3.63, 3.8) is 0 Å². The lowest BCUT2D eigenvalue weighted by molar-refractivity contribution is 1.15. The van der Waals surface area contributed by atoms with Gasteiger partial charge in [-0.1, -0.05) is 23.2 Å². The topological polar surface area (TPSA) is 37.8 Å². The first-order chi connectivity index (χ1) is 8.49. The predicted octanol–water partition coefficient (Wildman–Crippen LogP) is 5.71. The summed E-state index contributed by atoms with van der Waals surface area (Å²) in [4.78, 5) is 7.88. The third kappa shape index (κ3) is 3.08. The van der Waals surface area contributed by atoms with Crippen LogP contribution in [0.1, 0.15) is 0 Å². The quantitative estimate of drug-likeness (QED) is 0.488. The van der Waals surface area contributed by atoms with Gasteiger partial charge < -0.3 is 5.32 Å². The number of benzene rings is 1. The number of rotatable bonds is 2. The molecule has 0 bridgehead atoms. The molecule has 1 aromatic carbocycles. The van der Waals surface area contributed by atoms with Gasteiger partial charge in [0, 0.05) is 10.7 Å². The molecule has 18 heavy (non-hydrogen) atoms. The largest absolute Gasteiger partial charge is 0.338 e. The molecule has 2 rings (SSSR count). The minimum atomic E-state index is 0.139. The number of halogens is 5. The number of nitrogens with one attached hydrogen (secondary N) is 1. The first kappa shape index (κ1) is 14.3. The summed E-state index contributed by atoms with van der Waals surface area (Å²) in [5.41, 5.74) is 0.625. The van der Waals surface area contributed by atoms with E-state index < -0.39 is 0 Å².